The Morgan fingerprint density at radius 3 is 3.31 bits per heavy atom. The summed E-state index contributed by atoms with van der Waals surface area (Å²) in [5.41, 5.74) is 0.549. The number of hydrogen-bond acceptors (Lipinski definition) is 4. The van der Waals surface area contributed by atoms with Gasteiger partial charge in [0.25, 0.3) is 5.91 Å². The highest BCUT2D eigenvalue weighted by Crippen LogP contribution is 2.23. The summed E-state index contributed by atoms with van der Waals surface area (Å²) in [6, 6.07) is 0. The van der Waals surface area contributed by atoms with E-state index in [9.17, 15) is 4.79 Å². The maximum Gasteiger partial charge on any atom is 0.262 e. The van der Waals surface area contributed by atoms with E-state index in [4.69, 9.17) is 4.74 Å². The Labute approximate surface area is 75.1 Å². The Bertz CT molecular complexity index is 351. The second-order valence-electron chi connectivity index (χ2n) is 2.70. The molecule has 1 aromatic heterocycles. The number of fused-ring (bicyclic) bond motifs is 1. The van der Waals surface area contributed by atoms with Crippen LogP contribution in [0.2, 0.25) is 0 Å². The zero-order valence-corrected chi connectivity index (χ0v) is 7.20. The molecule has 1 aliphatic rings. The van der Waals surface area contributed by atoms with Gasteiger partial charge in [0.1, 0.15) is 11.5 Å². The number of carbonyl (C=O) groups is 1. The van der Waals surface area contributed by atoms with Crippen molar-refractivity contribution in [2.75, 3.05) is 11.9 Å². The highest BCUT2D eigenvalue weighted by molar-refractivity contribution is 5.94. The van der Waals surface area contributed by atoms with Gasteiger partial charge in [0, 0.05) is 6.42 Å². The molecule has 0 aromatic carbocycles. The predicted molar refractivity (Wildman–Crippen MR) is 45.5 cm³/mol. The molecule has 0 saturated carbocycles. The maximum absolute atomic E-state index is 10.9. The molecule has 0 unspecified atom stereocenters. The molecule has 5 heteroatoms. The van der Waals surface area contributed by atoms with Crippen LogP contribution in [0.1, 0.15) is 12.7 Å². The molecule has 0 spiro atoms. The first-order chi connectivity index (χ1) is 6.29. The highest BCUT2D eigenvalue weighted by Gasteiger charge is 2.17. The van der Waals surface area contributed by atoms with Crippen molar-refractivity contribution < 1.29 is 9.53 Å². The third-order valence-corrected chi connectivity index (χ3v) is 1.73. The third kappa shape index (κ3) is 1.44. The van der Waals surface area contributed by atoms with Gasteiger partial charge in [0.2, 0.25) is 5.88 Å². The number of nitrogens with one attached hydrogen (secondary N) is 1. The molecule has 68 valence electrons. The molecule has 2 heterocycles. The number of carbonyl (C=O) groups excluding carboxylic acids is 1. The van der Waals surface area contributed by atoms with E-state index >= 15 is 0 Å². The van der Waals surface area contributed by atoms with Gasteiger partial charge in [-0.25, -0.2) is 4.98 Å². The molecule has 0 aliphatic carbocycles. The number of ether oxygens (including phenoxy) is 1. The normalized spacial score (nSPS) is 14.4. The molecule has 0 fully saturated rings. The Balaban J connectivity index is 2.36. The zero-order chi connectivity index (χ0) is 9.26. The number of aromatic nitrogens is 2. The number of amides is 1. The van der Waals surface area contributed by atoms with Crippen molar-refractivity contribution in [3.05, 3.63) is 12.0 Å². The second-order valence-corrected chi connectivity index (χ2v) is 2.70. The van der Waals surface area contributed by atoms with Gasteiger partial charge in [-0.15, -0.1) is 0 Å². The maximum atomic E-state index is 10.9. The minimum absolute atomic E-state index is 0.0349. The first kappa shape index (κ1) is 7.97. The Hall–Kier alpha value is -1.65. The molecule has 0 saturated heterocycles. The smallest absolute Gasteiger partial charge is 0.262 e. The SMILES string of the molecule is CCc1ncc2c(n1)OCC(=O)N2. The minimum atomic E-state index is -0.166. The van der Waals surface area contributed by atoms with Crippen LogP contribution < -0.4 is 10.1 Å². The van der Waals surface area contributed by atoms with Gasteiger partial charge in [0.15, 0.2) is 6.61 Å². The Morgan fingerprint density at radius 2 is 2.54 bits per heavy atom. The summed E-state index contributed by atoms with van der Waals surface area (Å²) in [5.74, 6) is 1.02. The monoisotopic (exact) mass is 179 g/mol. The van der Waals surface area contributed by atoms with Gasteiger partial charge in [0.05, 0.1) is 6.20 Å². The minimum Gasteiger partial charge on any atom is -0.466 e. The van der Waals surface area contributed by atoms with Crippen LogP contribution in [0.25, 0.3) is 0 Å². The van der Waals surface area contributed by atoms with Crippen LogP contribution in [0.5, 0.6) is 5.88 Å². The van der Waals surface area contributed by atoms with Crippen molar-refractivity contribution in [2.45, 2.75) is 13.3 Å². The predicted octanol–water partition coefficient (Wildman–Crippen LogP) is 0.370. The van der Waals surface area contributed by atoms with Gasteiger partial charge in [-0.05, 0) is 0 Å². The lowest BCUT2D eigenvalue weighted by molar-refractivity contribution is -0.118. The van der Waals surface area contributed by atoms with Gasteiger partial charge in [-0.2, -0.15) is 4.98 Å². The molecule has 2 rings (SSSR count). The average molecular weight is 179 g/mol. The molecule has 1 amide bonds. The Kier molecular flexibility index (Phi) is 1.84. The number of hydrogen-bond donors (Lipinski definition) is 1. The van der Waals surface area contributed by atoms with E-state index in [0.717, 1.165) is 12.2 Å². The van der Waals surface area contributed by atoms with Crippen LogP contribution >= 0.6 is 0 Å². The number of rotatable bonds is 1. The molecule has 13 heavy (non-hydrogen) atoms. The summed E-state index contributed by atoms with van der Waals surface area (Å²) in [6.07, 6.45) is 2.32. The lowest BCUT2D eigenvalue weighted by Gasteiger charge is -2.16. The topological polar surface area (TPSA) is 64.1 Å². The summed E-state index contributed by atoms with van der Waals surface area (Å²) in [7, 11) is 0. The largest absolute Gasteiger partial charge is 0.466 e. The molecule has 1 N–H and O–H groups in total. The van der Waals surface area contributed by atoms with Gasteiger partial charge < -0.3 is 10.1 Å². The van der Waals surface area contributed by atoms with Crippen LogP contribution in [0.15, 0.2) is 6.20 Å². The standard InChI is InChI=1S/C8H9N3O2/c1-2-6-9-3-5-8(11-6)13-4-7(12)10-5/h3H,2,4H2,1H3,(H,10,12). The van der Waals surface area contributed by atoms with Crippen molar-refractivity contribution in [1.29, 1.82) is 0 Å². The van der Waals surface area contributed by atoms with E-state index in [1.165, 1.54) is 0 Å². The van der Waals surface area contributed by atoms with E-state index in [-0.39, 0.29) is 12.5 Å². The first-order valence-corrected chi connectivity index (χ1v) is 4.08. The summed E-state index contributed by atoms with van der Waals surface area (Å²) in [4.78, 5) is 19.0. The van der Waals surface area contributed by atoms with Gasteiger partial charge in [-0.3, -0.25) is 4.79 Å². The van der Waals surface area contributed by atoms with Crippen LogP contribution in [-0.2, 0) is 11.2 Å². The number of aryl methyl sites for hydroxylation is 1. The fraction of sp³-hybridized carbons (Fsp3) is 0.375. The molecule has 1 aliphatic heterocycles. The van der Waals surface area contributed by atoms with E-state index < -0.39 is 0 Å². The van der Waals surface area contributed by atoms with Crippen molar-refractivity contribution in [3.63, 3.8) is 0 Å². The molecule has 1 aromatic rings. The molecule has 0 radical (unpaired) electrons. The summed E-state index contributed by atoms with van der Waals surface area (Å²) >= 11 is 0. The summed E-state index contributed by atoms with van der Waals surface area (Å²) in [6.45, 7) is 2.00. The van der Waals surface area contributed by atoms with E-state index in [1.807, 2.05) is 6.92 Å². The average Bonchev–Trinajstić information content (AvgIpc) is 2.17. The van der Waals surface area contributed by atoms with E-state index in [2.05, 4.69) is 15.3 Å². The molecule has 0 atom stereocenters. The fourth-order valence-corrected chi connectivity index (χ4v) is 1.09. The van der Waals surface area contributed by atoms with E-state index in [0.29, 0.717) is 11.6 Å². The van der Waals surface area contributed by atoms with Crippen molar-refractivity contribution in [2.24, 2.45) is 0 Å². The quantitative estimate of drug-likeness (QED) is 0.676. The highest BCUT2D eigenvalue weighted by atomic mass is 16.5. The second kappa shape index (κ2) is 3.01. The van der Waals surface area contributed by atoms with Crippen molar-refractivity contribution >= 4 is 11.6 Å². The number of anilines is 1. The zero-order valence-electron chi connectivity index (χ0n) is 7.20. The van der Waals surface area contributed by atoms with Gasteiger partial charge in [-0.1, -0.05) is 6.92 Å². The summed E-state index contributed by atoms with van der Waals surface area (Å²) < 4.78 is 5.12. The molecule has 0 bridgehead atoms. The summed E-state index contributed by atoms with van der Waals surface area (Å²) in [5, 5.41) is 2.62. The van der Waals surface area contributed by atoms with Crippen LogP contribution in [0.3, 0.4) is 0 Å². The molecular formula is C8H9N3O2. The van der Waals surface area contributed by atoms with Crippen LogP contribution in [-0.4, -0.2) is 22.5 Å². The lowest BCUT2D eigenvalue weighted by atomic mass is 10.4. The lowest BCUT2D eigenvalue weighted by Crippen LogP contribution is -2.26. The Morgan fingerprint density at radius 1 is 1.69 bits per heavy atom. The molecule has 5 nitrogen and oxygen atoms in total. The van der Waals surface area contributed by atoms with Gasteiger partial charge >= 0.3 is 0 Å². The molecular weight excluding hydrogens is 170 g/mol. The van der Waals surface area contributed by atoms with E-state index in [1.54, 1.807) is 6.20 Å². The fourth-order valence-electron chi connectivity index (χ4n) is 1.09. The third-order valence-electron chi connectivity index (χ3n) is 1.73. The first-order valence-electron chi connectivity index (χ1n) is 4.08. The van der Waals surface area contributed by atoms with Crippen molar-refractivity contribution in [1.82, 2.24) is 9.97 Å². The van der Waals surface area contributed by atoms with Crippen LogP contribution in [0.4, 0.5) is 5.69 Å². The number of nitrogens with zero attached hydrogens (tertiary/aromatic N) is 2. The van der Waals surface area contributed by atoms with Crippen LogP contribution in [0, 0.1) is 0 Å². The van der Waals surface area contributed by atoms with Crippen molar-refractivity contribution in [3.8, 4) is 5.88 Å².